The number of nitrogens with zero attached hydrogens (tertiary/aromatic N) is 1. The highest BCUT2D eigenvalue weighted by Crippen LogP contribution is 2.29. The average molecular weight is 336 g/mol. The number of aliphatic imine (C=N–C) groups is 1. The molecule has 3 rings (SSSR count). The highest BCUT2D eigenvalue weighted by molar-refractivity contribution is 8.18. The third kappa shape index (κ3) is 3.77. The van der Waals surface area contributed by atoms with Crippen molar-refractivity contribution >= 4 is 34.6 Å². The summed E-state index contributed by atoms with van der Waals surface area (Å²) in [6.07, 6.45) is 2.92. The van der Waals surface area contributed by atoms with Crippen molar-refractivity contribution in [1.29, 1.82) is 0 Å². The fourth-order valence-corrected chi connectivity index (χ4v) is 3.36. The van der Waals surface area contributed by atoms with Gasteiger partial charge >= 0.3 is 0 Å². The summed E-state index contributed by atoms with van der Waals surface area (Å²) < 4.78 is 0. The van der Waals surface area contributed by atoms with Gasteiger partial charge in [-0.05, 0) is 60.9 Å². The molecule has 1 amide bonds. The smallest absolute Gasteiger partial charge is 0.264 e. The fraction of sp³-hybridized carbons (Fsp3) is 0.200. The number of thioether (sulfide) groups is 1. The molecule has 0 saturated carbocycles. The second-order valence-electron chi connectivity index (χ2n) is 5.87. The van der Waals surface area contributed by atoms with Crippen LogP contribution >= 0.6 is 11.8 Å². The average Bonchev–Trinajstić information content (AvgIpc) is 2.90. The van der Waals surface area contributed by atoms with Crippen LogP contribution in [0.15, 0.2) is 52.4 Å². The summed E-state index contributed by atoms with van der Waals surface area (Å²) in [5.74, 6) is -0.0944. The molecule has 3 nitrogen and oxygen atoms in total. The Morgan fingerprint density at radius 2 is 1.88 bits per heavy atom. The van der Waals surface area contributed by atoms with Crippen molar-refractivity contribution in [3.63, 3.8) is 0 Å². The molecule has 0 aromatic heterocycles. The van der Waals surface area contributed by atoms with Gasteiger partial charge in [-0.1, -0.05) is 48.9 Å². The van der Waals surface area contributed by atoms with E-state index in [1.807, 2.05) is 37.3 Å². The third-order valence-electron chi connectivity index (χ3n) is 3.91. The minimum atomic E-state index is -0.0944. The van der Waals surface area contributed by atoms with Crippen molar-refractivity contribution in [3.8, 4) is 0 Å². The maximum Gasteiger partial charge on any atom is 0.264 e. The van der Waals surface area contributed by atoms with Crippen LogP contribution in [-0.2, 0) is 11.2 Å². The summed E-state index contributed by atoms with van der Waals surface area (Å²) >= 11 is 1.38. The van der Waals surface area contributed by atoms with Crippen LogP contribution in [0.2, 0.25) is 0 Å². The van der Waals surface area contributed by atoms with Crippen LogP contribution in [0.3, 0.4) is 0 Å². The standard InChI is InChI=1S/C20H20N2OS/c1-4-15-6-8-16(9-7-15)12-18-19(23)22-20(24-18)21-17-10-5-13(2)11-14(17)3/h5-12H,4H2,1-3H3,(H,21,22,23)/b18-12-. The molecule has 2 aromatic carbocycles. The van der Waals surface area contributed by atoms with Crippen molar-refractivity contribution in [1.82, 2.24) is 5.32 Å². The lowest BCUT2D eigenvalue weighted by Crippen LogP contribution is -2.19. The Kier molecular flexibility index (Phi) is 4.86. The van der Waals surface area contributed by atoms with Crippen LogP contribution in [0.4, 0.5) is 5.69 Å². The second-order valence-corrected chi connectivity index (χ2v) is 6.90. The molecule has 0 bridgehead atoms. The monoisotopic (exact) mass is 336 g/mol. The molecular formula is C20H20N2OS. The van der Waals surface area contributed by atoms with Crippen molar-refractivity contribution < 1.29 is 4.79 Å². The highest BCUT2D eigenvalue weighted by Gasteiger charge is 2.23. The topological polar surface area (TPSA) is 41.5 Å². The van der Waals surface area contributed by atoms with E-state index in [1.54, 1.807) is 0 Å². The van der Waals surface area contributed by atoms with Crippen molar-refractivity contribution in [2.45, 2.75) is 27.2 Å². The van der Waals surface area contributed by atoms with Crippen LogP contribution in [-0.4, -0.2) is 11.1 Å². The minimum absolute atomic E-state index is 0.0944. The van der Waals surface area contributed by atoms with Gasteiger partial charge in [-0.25, -0.2) is 4.99 Å². The number of rotatable bonds is 3. The van der Waals surface area contributed by atoms with Crippen LogP contribution in [0.25, 0.3) is 6.08 Å². The van der Waals surface area contributed by atoms with E-state index in [9.17, 15) is 4.79 Å². The quantitative estimate of drug-likeness (QED) is 0.821. The SMILES string of the molecule is CCc1ccc(/C=C2\SC(=Nc3ccc(C)cc3C)NC2=O)cc1. The van der Waals surface area contributed by atoms with E-state index in [2.05, 4.69) is 42.4 Å². The molecule has 122 valence electrons. The van der Waals surface area contributed by atoms with E-state index in [4.69, 9.17) is 0 Å². The summed E-state index contributed by atoms with van der Waals surface area (Å²) in [4.78, 5) is 17.4. The van der Waals surface area contributed by atoms with Gasteiger partial charge in [0.05, 0.1) is 10.6 Å². The molecule has 4 heteroatoms. The van der Waals surface area contributed by atoms with Crippen molar-refractivity contribution in [2.24, 2.45) is 4.99 Å². The van der Waals surface area contributed by atoms with Gasteiger partial charge in [-0.2, -0.15) is 0 Å². The minimum Gasteiger partial charge on any atom is -0.300 e. The molecule has 0 unspecified atom stereocenters. The predicted molar refractivity (Wildman–Crippen MR) is 103 cm³/mol. The summed E-state index contributed by atoms with van der Waals surface area (Å²) in [5, 5.41) is 3.47. The maximum absolute atomic E-state index is 12.2. The maximum atomic E-state index is 12.2. The number of hydrogen-bond acceptors (Lipinski definition) is 3. The third-order valence-corrected chi connectivity index (χ3v) is 4.82. The van der Waals surface area contributed by atoms with Gasteiger partial charge in [0.2, 0.25) is 0 Å². The molecule has 1 saturated heterocycles. The molecule has 2 aromatic rings. The second kappa shape index (κ2) is 7.05. The molecule has 0 atom stereocenters. The van der Waals surface area contributed by atoms with Gasteiger partial charge in [0, 0.05) is 0 Å². The number of amides is 1. The zero-order valence-electron chi connectivity index (χ0n) is 14.1. The van der Waals surface area contributed by atoms with Crippen molar-refractivity contribution in [2.75, 3.05) is 0 Å². The van der Waals surface area contributed by atoms with E-state index >= 15 is 0 Å². The predicted octanol–water partition coefficient (Wildman–Crippen LogP) is 4.76. The normalized spacial score (nSPS) is 17.5. The fourth-order valence-electron chi connectivity index (χ4n) is 2.52. The summed E-state index contributed by atoms with van der Waals surface area (Å²) in [7, 11) is 0. The number of aryl methyl sites for hydroxylation is 3. The number of hydrogen-bond donors (Lipinski definition) is 1. The molecule has 24 heavy (non-hydrogen) atoms. The molecule has 1 fully saturated rings. The van der Waals surface area contributed by atoms with E-state index in [0.29, 0.717) is 10.1 Å². The first kappa shape index (κ1) is 16.5. The molecule has 1 heterocycles. The van der Waals surface area contributed by atoms with Crippen LogP contribution in [0.5, 0.6) is 0 Å². The van der Waals surface area contributed by atoms with Gasteiger partial charge in [0.25, 0.3) is 5.91 Å². The van der Waals surface area contributed by atoms with Crippen LogP contribution < -0.4 is 5.32 Å². The van der Waals surface area contributed by atoms with E-state index in [1.165, 1.54) is 22.9 Å². The number of carbonyl (C=O) groups is 1. The van der Waals surface area contributed by atoms with Gasteiger partial charge in [-0.15, -0.1) is 0 Å². The van der Waals surface area contributed by atoms with Gasteiger partial charge in [-0.3, -0.25) is 4.79 Å². The Labute approximate surface area is 146 Å². The van der Waals surface area contributed by atoms with E-state index < -0.39 is 0 Å². The summed E-state index contributed by atoms with van der Waals surface area (Å²) in [6.45, 7) is 6.21. The van der Waals surface area contributed by atoms with E-state index in [0.717, 1.165) is 23.2 Å². The Balaban J connectivity index is 1.82. The number of nitrogens with one attached hydrogen (secondary N) is 1. The number of benzene rings is 2. The Morgan fingerprint density at radius 1 is 1.12 bits per heavy atom. The summed E-state index contributed by atoms with van der Waals surface area (Å²) in [5.41, 5.74) is 5.51. The molecule has 1 aliphatic rings. The number of amidine groups is 1. The Hall–Kier alpha value is -2.33. The molecule has 0 aliphatic carbocycles. The lowest BCUT2D eigenvalue weighted by atomic mass is 10.1. The summed E-state index contributed by atoms with van der Waals surface area (Å²) in [6, 6.07) is 14.4. The van der Waals surface area contributed by atoms with Crippen LogP contribution in [0, 0.1) is 13.8 Å². The lowest BCUT2D eigenvalue weighted by Gasteiger charge is -2.02. The van der Waals surface area contributed by atoms with Crippen molar-refractivity contribution in [3.05, 3.63) is 69.6 Å². The zero-order valence-corrected chi connectivity index (χ0v) is 14.9. The Morgan fingerprint density at radius 3 is 2.54 bits per heavy atom. The van der Waals surface area contributed by atoms with E-state index in [-0.39, 0.29) is 5.91 Å². The Bertz CT molecular complexity index is 835. The van der Waals surface area contributed by atoms with Gasteiger partial charge < -0.3 is 5.32 Å². The molecule has 0 spiro atoms. The number of carbonyl (C=O) groups excluding carboxylic acids is 1. The van der Waals surface area contributed by atoms with Gasteiger partial charge in [0.15, 0.2) is 5.17 Å². The molecular weight excluding hydrogens is 316 g/mol. The lowest BCUT2D eigenvalue weighted by molar-refractivity contribution is -0.115. The largest absolute Gasteiger partial charge is 0.300 e. The molecule has 0 radical (unpaired) electrons. The zero-order chi connectivity index (χ0) is 17.1. The molecule has 1 N–H and O–H groups in total. The van der Waals surface area contributed by atoms with Gasteiger partial charge in [0.1, 0.15) is 0 Å². The first-order valence-corrected chi connectivity index (χ1v) is 8.82. The first-order chi connectivity index (χ1) is 11.5. The van der Waals surface area contributed by atoms with Crippen LogP contribution in [0.1, 0.15) is 29.2 Å². The molecule has 1 aliphatic heterocycles. The highest BCUT2D eigenvalue weighted by atomic mass is 32.2. The first-order valence-electron chi connectivity index (χ1n) is 8.01.